The molecule has 1 rings (SSSR count). The zero-order valence-corrected chi connectivity index (χ0v) is 9.76. The Balaban J connectivity index is 2.84. The number of rotatable bonds is 5. The van der Waals surface area contributed by atoms with Gasteiger partial charge in [-0.1, -0.05) is 0 Å². The first-order valence-corrected chi connectivity index (χ1v) is 6.08. The molecule has 0 radical (unpaired) electrons. The molecule has 0 saturated carbocycles. The van der Waals surface area contributed by atoms with E-state index in [-0.39, 0.29) is 12.2 Å². The highest BCUT2D eigenvalue weighted by molar-refractivity contribution is 7.98. The summed E-state index contributed by atoms with van der Waals surface area (Å²) in [5, 5.41) is 8.56. The van der Waals surface area contributed by atoms with Gasteiger partial charge in [-0.15, -0.1) is 11.8 Å². The number of carboxylic acids is 1. The van der Waals surface area contributed by atoms with Gasteiger partial charge in [0.15, 0.2) is 0 Å². The molecule has 0 heterocycles. The molecule has 0 saturated heterocycles. The van der Waals surface area contributed by atoms with Crippen molar-refractivity contribution in [3.8, 4) is 0 Å². The average molecular weight is 243 g/mol. The van der Waals surface area contributed by atoms with Gasteiger partial charge < -0.3 is 10.8 Å². The van der Waals surface area contributed by atoms with Crippen LogP contribution in [0.3, 0.4) is 0 Å². The van der Waals surface area contributed by atoms with Crippen LogP contribution in [0.25, 0.3) is 0 Å². The second kappa shape index (κ2) is 5.86. The molecule has 0 aliphatic heterocycles. The lowest BCUT2D eigenvalue weighted by molar-refractivity contribution is -0.137. The van der Waals surface area contributed by atoms with E-state index in [1.165, 1.54) is 23.9 Å². The van der Waals surface area contributed by atoms with E-state index >= 15 is 0 Å². The van der Waals surface area contributed by atoms with Crippen LogP contribution in [0.1, 0.15) is 24.4 Å². The Hall–Kier alpha value is -1.07. The third-order valence-electron chi connectivity index (χ3n) is 2.26. The fourth-order valence-electron chi connectivity index (χ4n) is 1.43. The summed E-state index contributed by atoms with van der Waals surface area (Å²) >= 11 is 1.47. The number of carbonyl (C=O) groups is 1. The maximum Gasteiger partial charge on any atom is 0.303 e. The van der Waals surface area contributed by atoms with Gasteiger partial charge in [-0.05, 0) is 36.4 Å². The highest BCUT2D eigenvalue weighted by Gasteiger charge is 2.13. The Labute approximate surface area is 97.8 Å². The van der Waals surface area contributed by atoms with E-state index in [1.807, 2.05) is 6.26 Å². The van der Waals surface area contributed by atoms with Gasteiger partial charge in [0, 0.05) is 17.4 Å². The summed E-state index contributed by atoms with van der Waals surface area (Å²) in [7, 11) is 0. The smallest absolute Gasteiger partial charge is 0.303 e. The molecule has 1 atom stereocenters. The number of nitrogens with two attached hydrogens (primary N) is 1. The minimum atomic E-state index is -0.891. The number of benzene rings is 1. The second-order valence-corrected chi connectivity index (χ2v) is 4.27. The molecule has 0 aliphatic carbocycles. The normalized spacial score (nSPS) is 12.4. The fraction of sp³-hybridized carbons (Fsp3) is 0.364. The summed E-state index contributed by atoms with van der Waals surface area (Å²) in [6.07, 6.45) is 2.18. The van der Waals surface area contributed by atoms with Crippen LogP contribution in [0.4, 0.5) is 4.39 Å². The van der Waals surface area contributed by atoms with Crippen LogP contribution >= 0.6 is 11.8 Å². The SMILES string of the molecule is CSc1ccc(F)cc1C(N)CCC(=O)O. The van der Waals surface area contributed by atoms with E-state index < -0.39 is 12.0 Å². The van der Waals surface area contributed by atoms with Gasteiger partial charge >= 0.3 is 5.97 Å². The number of carboxylic acid groups (broad SMARTS) is 1. The van der Waals surface area contributed by atoms with Crippen LogP contribution in [0.2, 0.25) is 0 Å². The van der Waals surface area contributed by atoms with Crippen molar-refractivity contribution in [2.24, 2.45) is 5.73 Å². The van der Waals surface area contributed by atoms with Crippen LogP contribution in [0, 0.1) is 5.82 Å². The van der Waals surface area contributed by atoms with Crippen molar-refractivity contribution < 1.29 is 14.3 Å². The van der Waals surface area contributed by atoms with Crippen molar-refractivity contribution in [2.45, 2.75) is 23.8 Å². The summed E-state index contributed by atoms with van der Waals surface area (Å²) < 4.78 is 13.1. The van der Waals surface area contributed by atoms with E-state index in [2.05, 4.69) is 0 Å². The lowest BCUT2D eigenvalue weighted by atomic mass is 10.0. The molecule has 0 bridgehead atoms. The van der Waals surface area contributed by atoms with Crippen LogP contribution in [-0.4, -0.2) is 17.3 Å². The predicted molar refractivity (Wildman–Crippen MR) is 62.0 cm³/mol. The monoisotopic (exact) mass is 243 g/mol. The zero-order chi connectivity index (χ0) is 12.1. The third-order valence-corrected chi connectivity index (χ3v) is 3.07. The van der Waals surface area contributed by atoms with Gasteiger partial charge in [0.2, 0.25) is 0 Å². The fourth-order valence-corrected chi connectivity index (χ4v) is 2.08. The van der Waals surface area contributed by atoms with Crippen molar-refractivity contribution in [1.29, 1.82) is 0 Å². The van der Waals surface area contributed by atoms with Gasteiger partial charge in [0.25, 0.3) is 0 Å². The first kappa shape index (κ1) is 13.0. The Morgan fingerprint density at radius 1 is 1.62 bits per heavy atom. The van der Waals surface area contributed by atoms with E-state index in [0.717, 1.165) is 4.90 Å². The molecule has 16 heavy (non-hydrogen) atoms. The topological polar surface area (TPSA) is 63.3 Å². The lowest BCUT2D eigenvalue weighted by Crippen LogP contribution is -2.13. The number of hydrogen-bond acceptors (Lipinski definition) is 3. The molecular formula is C11H14FNO2S. The molecule has 5 heteroatoms. The molecule has 1 aromatic carbocycles. The van der Waals surface area contributed by atoms with E-state index in [1.54, 1.807) is 6.07 Å². The zero-order valence-electron chi connectivity index (χ0n) is 8.94. The summed E-state index contributed by atoms with van der Waals surface area (Å²) in [6.45, 7) is 0. The molecule has 1 unspecified atom stereocenters. The molecule has 3 N–H and O–H groups in total. The Morgan fingerprint density at radius 3 is 2.88 bits per heavy atom. The molecule has 0 spiro atoms. The molecule has 3 nitrogen and oxygen atoms in total. The van der Waals surface area contributed by atoms with Crippen molar-refractivity contribution in [3.63, 3.8) is 0 Å². The first-order chi connectivity index (χ1) is 7.54. The van der Waals surface area contributed by atoms with Crippen molar-refractivity contribution in [2.75, 3.05) is 6.26 Å². The number of halogens is 1. The molecule has 0 amide bonds. The van der Waals surface area contributed by atoms with Gasteiger partial charge in [-0.3, -0.25) is 4.79 Å². The predicted octanol–water partition coefficient (Wildman–Crippen LogP) is 2.41. The second-order valence-electron chi connectivity index (χ2n) is 3.43. The van der Waals surface area contributed by atoms with Gasteiger partial charge in [-0.25, -0.2) is 4.39 Å². The maximum absolute atomic E-state index is 13.1. The Bertz CT molecular complexity index is 384. The van der Waals surface area contributed by atoms with E-state index in [9.17, 15) is 9.18 Å². The molecule has 0 aromatic heterocycles. The van der Waals surface area contributed by atoms with Crippen LogP contribution < -0.4 is 5.73 Å². The summed E-state index contributed by atoms with van der Waals surface area (Å²) in [5.74, 6) is -1.24. The number of hydrogen-bond donors (Lipinski definition) is 2. The highest BCUT2D eigenvalue weighted by atomic mass is 32.2. The van der Waals surface area contributed by atoms with Crippen molar-refractivity contribution >= 4 is 17.7 Å². The van der Waals surface area contributed by atoms with E-state index in [4.69, 9.17) is 10.8 Å². The average Bonchev–Trinajstić information content (AvgIpc) is 2.25. The van der Waals surface area contributed by atoms with Crippen LogP contribution in [0.5, 0.6) is 0 Å². The summed E-state index contributed by atoms with van der Waals surface area (Å²) in [4.78, 5) is 11.3. The number of aliphatic carboxylic acids is 1. The Morgan fingerprint density at radius 2 is 2.31 bits per heavy atom. The van der Waals surface area contributed by atoms with Crippen molar-refractivity contribution in [1.82, 2.24) is 0 Å². The van der Waals surface area contributed by atoms with Crippen molar-refractivity contribution in [3.05, 3.63) is 29.6 Å². The minimum Gasteiger partial charge on any atom is -0.481 e. The van der Waals surface area contributed by atoms with Crippen LogP contribution in [-0.2, 0) is 4.79 Å². The summed E-state index contributed by atoms with van der Waals surface area (Å²) in [6, 6.07) is 3.97. The molecule has 0 fully saturated rings. The summed E-state index contributed by atoms with van der Waals surface area (Å²) in [5.41, 5.74) is 6.52. The molecule has 1 aromatic rings. The Kier molecular flexibility index (Phi) is 4.76. The highest BCUT2D eigenvalue weighted by Crippen LogP contribution is 2.27. The maximum atomic E-state index is 13.1. The van der Waals surface area contributed by atoms with Gasteiger partial charge in [0.1, 0.15) is 5.82 Å². The quantitative estimate of drug-likeness (QED) is 0.779. The minimum absolute atomic E-state index is 0.00843. The largest absolute Gasteiger partial charge is 0.481 e. The van der Waals surface area contributed by atoms with Gasteiger partial charge in [0.05, 0.1) is 0 Å². The number of thioether (sulfide) groups is 1. The van der Waals surface area contributed by atoms with Gasteiger partial charge in [-0.2, -0.15) is 0 Å². The lowest BCUT2D eigenvalue weighted by Gasteiger charge is -2.14. The standard InChI is InChI=1S/C11H14FNO2S/c1-16-10-4-2-7(12)6-8(10)9(13)3-5-11(14)15/h2,4,6,9H,3,5,13H2,1H3,(H,14,15). The molecular weight excluding hydrogens is 229 g/mol. The third kappa shape index (κ3) is 3.50. The molecule has 0 aliphatic rings. The molecule has 88 valence electrons. The van der Waals surface area contributed by atoms with Crippen LogP contribution in [0.15, 0.2) is 23.1 Å². The van der Waals surface area contributed by atoms with E-state index in [0.29, 0.717) is 12.0 Å². The first-order valence-electron chi connectivity index (χ1n) is 4.85.